The van der Waals surface area contributed by atoms with Crippen molar-refractivity contribution in [3.8, 4) is 5.75 Å². The summed E-state index contributed by atoms with van der Waals surface area (Å²) in [6.45, 7) is 10.6. The van der Waals surface area contributed by atoms with Crippen LogP contribution in [0.2, 0.25) is 0 Å². The normalized spacial score (nSPS) is 22.1. The van der Waals surface area contributed by atoms with Gasteiger partial charge >= 0.3 is 6.03 Å². The molecule has 0 radical (unpaired) electrons. The van der Waals surface area contributed by atoms with Gasteiger partial charge in [-0.1, -0.05) is 13.8 Å². The monoisotopic (exact) mass is 462 g/mol. The first-order valence-corrected chi connectivity index (χ1v) is 11.5. The summed E-state index contributed by atoms with van der Waals surface area (Å²) in [5.41, 5.74) is 0.820. The molecule has 9 heteroatoms. The van der Waals surface area contributed by atoms with Crippen LogP contribution >= 0.6 is 0 Å². The summed E-state index contributed by atoms with van der Waals surface area (Å²) in [5, 5.41) is 5.52. The van der Waals surface area contributed by atoms with Crippen LogP contribution in [0, 0.1) is 5.92 Å². The van der Waals surface area contributed by atoms with Crippen LogP contribution in [0.25, 0.3) is 0 Å². The summed E-state index contributed by atoms with van der Waals surface area (Å²) >= 11 is 0. The SMILES string of the molecule is CCC(=O)N1C[C@H](C)[C@@H](OC)CN(C)C(=O)c2cc(NC(=O)NC(C)C)ccc2OC[C@@H]1C. The number of fused-ring (bicyclic) bond motifs is 1. The van der Waals surface area contributed by atoms with E-state index >= 15 is 0 Å². The van der Waals surface area contributed by atoms with Gasteiger partial charge in [-0.15, -0.1) is 0 Å². The Bertz CT molecular complexity index is 844. The van der Waals surface area contributed by atoms with Crippen molar-refractivity contribution in [2.75, 3.05) is 39.2 Å². The van der Waals surface area contributed by atoms with Crippen LogP contribution in [0.4, 0.5) is 10.5 Å². The summed E-state index contributed by atoms with van der Waals surface area (Å²) in [5.74, 6) is 0.224. The lowest BCUT2D eigenvalue weighted by atomic mass is 10.0. The predicted molar refractivity (Wildman–Crippen MR) is 128 cm³/mol. The minimum Gasteiger partial charge on any atom is -0.491 e. The zero-order valence-electron chi connectivity index (χ0n) is 20.8. The molecule has 2 rings (SSSR count). The van der Waals surface area contributed by atoms with Gasteiger partial charge in [-0.3, -0.25) is 9.59 Å². The first-order chi connectivity index (χ1) is 15.6. The molecule has 0 aliphatic carbocycles. The fraction of sp³-hybridized carbons (Fsp3) is 0.625. The molecule has 1 heterocycles. The highest BCUT2D eigenvalue weighted by atomic mass is 16.5. The van der Waals surface area contributed by atoms with Crippen molar-refractivity contribution < 1.29 is 23.9 Å². The highest BCUT2D eigenvalue weighted by Gasteiger charge is 2.30. The van der Waals surface area contributed by atoms with Gasteiger partial charge < -0.3 is 29.9 Å². The first-order valence-electron chi connectivity index (χ1n) is 11.5. The number of amides is 4. The van der Waals surface area contributed by atoms with Crippen LogP contribution in [0.1, 0.15) is 51.4 Å². The second kappa shape index (κ2) is 11.9. The molecule has 2 N–H and O–H groups in total. The number of rotatable bonds is 4. The Morgan fingerprint density at radius 3 is 2.55 bits per heavy atom. The van der Waals surface area contributed by atoms with Crippen LogP contribution in [0.15, 0.2) is 18.2 Å². The molecule has 0 saturated carbocycles. The molecule has 0 spiro atoms. The Balaban J connectivity index is 2.41. The number of nitrogens with zero attached hydrogens (tertiary/aromatic N) is 2. The summed E-state index contributed by atoms with van der Waals surface area (Å²) in [6.07, 6.45) is 0.150. The van der Waals surface area contributed by atoms with Crippen molar-refractivity contribution in [2.24, 2.45) is 5.92 Å². The van der Waals surface area contributed by atoms with Gasteiger partial charge in [0.2, 0.25) is 5.91 Å². The van der Waals surface area contributed by atoms with Gasteiger partial charge in [0.15, 0.2) is 0 Å². The van der Waals surface area contributed by atoms with Crippen molar-refractivity contribution >= 4 is 23.5 Å². The molecule has 3 atom stereocenters. The molecule has 9 nitrogen and oxygen atoms in total. The largest absolute Gasteiger partial charge is 0.491 e. The van der Waals surface area contributed by atoms with E-state index in [-0.39, 0.29) is 48.6 Å². The Hall–Kier alpha value is -2.81. The zero-order chi connectivity index (χ0) is 24.7. The van der Waals surface area contributed by atoms with Gasteiger partial charge in [-0.25, -0.2) is 4.79 Å². The highest BCUT2D eigenvalue weighted by molar-refractivity contribution is 5.99. The standard InChI is InChI=1S/C24H38N4O5/c1-8-22(29)28-12-16(4)21(32-7)13-27(6)23(30)19-11-18(26-24(31)25-15(2)3)9-10-20(19)33-14-17(28)5/h9-11,15-17,21H,8,12-14H2,1-7H3,(H2,25,26,31)/t16-,17-,21-/m0/s1. The molecule has 0 saturated heterocycles. The van der Waals surface area contributed by atoms with Crippen molar-refractivity contribution in [3.63, 3.8) is 0 Å². The number of urea groups is 1. The number of anilines is 1. The van der Waals surface area contributed by atoms with Gasteiger partial charge in [0.1, 0.15) is 12.4 Å². The maximum Gasteiger partial charge on any atom is 0.319 e. The van der Waals surface area contributed by atoms with E-state index in [0.29, 0.717) is 36.5 Å². The van der Waals surface area contributed by atoms with E-state index in [1.807, 2.05) is 39.5 Å². The molecule has 0 aromatic heterocycles. The summed E-state index contributed by atoms with van der Waals surface area (Å²) in [4.78, 5) is 41.5. The highest BCUT2D eigenvalue weighted by Crippen LogP contribution is 2.26. The minimum absolute atomic E-state index is 0.00910. The molecule has 1 aromatic rings. The summed E-state index contributed by atoms with van der Waals surface area (Å²) in [6, 6.07) is 4.42. The lowest BCUT2D eigenvalue weighted by molar-refractivity contribution is -0.135. The number of hydrogen-bond acceptors (Lipinski definition) is 5. The number of nitrogens with one attached hydrogen (secondary N) is 2. The molecule has 4 amide bonds. The molecule has 0 bridgehead atoms. The van der Waals surface area contributed by atoms with Crippen molar-refractivity contribution in [3.05, 3.63) is 23.8 Å². The third-order valence-electron chi connectivity index (χ3n) is 5.75. The van der Waals surface area contributed by atoms with Crippen molar-refractivity contribution in [1.29, 1.82) is 0 Å². The second-order valence-corrected chi connectivity index (χ2v) is 8.96. The average Bonchev–Trinajstić information content (AvgIpc) is 2.77. The summed E-state index contributed by atoms with van der Waals surface area (Å²) < 4.78 is 11.7. The lowest BCUT2D eigenvalue weighted by Gasteiger charge is -2.36. The lowest BCUT2D eigenvalue weighted by Crippen LogP contribution is -2.48. The maximum atomic E-state index is 13.3. The molecular formula is C24H38N4O5. The van der Waals surface area contributed by atoms with E-state index in [2.05, 4.69) is 10.6 Å². The first kappa shape index (κ1) is 26.4. The Morgan fingerprint density at radius 1 is 1.24 bits per heavy atom. The van der Waals surface area contributed by atoms with Gasteiger partial charge in [0.25, 0.3) is 5.91 Å². The Morgan fingerprint density at radius 2 is 1.94 bits per heavy atom. The van der Waals surface area contributed by atoms with E-state index in [9.17, 15) is 14.4 Å². The molecule has 1 aromatic carbocycles. The number of likely N-dealkylation sites (N-methyl/N-ethyl adjacent to an activating group) is 1. The molecule has 1 aliphatic heterocycles. The summed E-state index contributed by atoms with van der Waals surface area (Å²) in [7, 11) is 3.33. The van der Waals surface area contributed by atoms with Crippen LogP contribution in [0.5, 0.6) is 5.75 Å². The van der Waals surface area contributed by atoms with Crippen LogP contribution in [0.3, 0.4) is 0 Å². The number of ether oxygens (including phenoxy) is 2. The Kier molecular flexibility index (Phi) is 9.52. The van der Waals surface area contributed by atoms with E-state index in [0.717, 1.165) is 0 Å². The molecule has 0 unspecified atom stereocenters. The van der Waals surface area contributed by atoms with Crippen molar-refractivity contribution in [2.45, 2.75) is 59.2 Å². The number of benzene rings is 1. The van der Waals surface area contributed by atoms with Crippen LogP contribution in [-0.2, 0) is 9.53 Å². The zero-order valence-corrected chi connectivity index (χ0v) is 20.8. The van der Waals surface area contributed by atoms with E-state index < -0.39 is 0 Å². The van der Waals surface area contributed by atoms with Crippen LogP contribution in [-0.4, -0.2) is 79.7 Å². The fourth-order valence-electron chi connectivity index (χ4n) is 3.83. The van der Waals surface area contributed by atoms with Gasteiger partial charge in [0.05, 0.1) is 17.7 Å². The molecular weight excluding hydrogens is 424 g/mol. The van der Waals surface area contributed by atoms with E-state index in [1.165, 1.54) is 0 Å². The van der Waals surface area contributed by atoms with Gasteiger partial charge in [-0.2, -0.15) is 0 Å². The molecule has 0 fully saturated rings. The molecule has 184 valence electrons. The molecule has 1 aliphatic rings. The number of methoxy groups -OCH3 is 1. The third kappa shape index (κ3) is 7.08. The minimum atomic E-state index is -0.351. The molecule has 33 heavy (non-hydrogen) atoms. The fourth-order valence-corrected chi connectivity index (χ4v) is 3.83. The third-order valence-corrected chi connectivity index (χ3v) is 5.75. The second-order valence-electron chi connectivity index (χ2n) is 8.96. The van der Waals surface area contributed by atoms with E-state index in [4.69, 9.17) is 9.47 Å². The number of hydrogen-bond donors (Lipinski definition) is 2. The van der Waals surface area contributed by atoms with Gasteiger partial charge in [0, 0.05) is 51.3 Å². The van der Waals surface area contributed by atoms with Gasteiger partial charge in [-0.05, 0) is 39.0 Å². The number of carbonyl (C=O) groups is 3. The van der Waals surface area contributed by atoms with Crippen molar-refractivity contribution in [1.82, 2.24) is 15.1 Å². The van der Waals surface area contributed by atoms with Crippen LogP contribution < -0.4 is 15.4 Å². The topological polar surface area (TPSA) is 100 Å². The Labute approximate surface area is 196 Å². The quantitative estimate of drug-likeness (QED) is 0.717. The van der Waals surface area contributed by atoms with E-state index in [1.54, 1.807) is 37.3 Å². The number of carbonyl (C=O) groups excluding carboxylic acids is 3. The smallest absolute Gasteiger partial charge is 0.319 e. The predicted octanol–water partition coefficient (Wildman–Crippen LogP) is 2.96. The average molecular weight is 463 g/mol. The maximum absolute atomic E-state index is 13.3.